The zero-order chi connectivity index (χ0) is 25.5. The van der Waals surface area contributed by atoms with E-state index in [1.54, 1.807) is 30.3 Å². The summed E-state index contributed by atoms with van der Waals surface area (Å²) in [6.45, 7) is -0.695. The van der Waals surface area contributed by atoms with Crippen molar-refractivity contribution in [1.82, 2.24) is 4.57 Å². The Morgan fingerprint density at radius 2 is 1.80 bits per heavy atom. The maximum Gasteiger partial charge on any atom is 0.358 e. The first kappa shape index (κ1) is 25.7. The van der Waals surface area contributed by atoms with Gasteiger partial charge in [0, 0.05) is 18.7 Å². The van der Waals surface area contributed by atoms with Gasteiger partial charge in [0.05, 0.1) is 19.2 Å². The van der Waals surface area contributed by atoms with E-state index in [-0.39, 0.29) is 25.0 Å². The van der Waals surface area contributed by atoms with Crippen LogP contribution in [0.5, 0.6) is 5.75 Å². The third-order valence-corrected chi connectivity index (χ3v) is 5.14. The van der Waals surface area contributed by atoms with Gasteiger partial charge < -0.3 is 24.3 Å². The molecule has 1 aromatic heterocycles. The normalized spacial score (nSPS) is 10.9. The first-order valence-electron chi connectivity index (χ1n) is 10.6. The van der Waals surface area contributed by atoms with E-state index in [4.69, 9.17) is 9.47 Å². The number of carbonyl (C=O) groups is 2. The van der Waals surface area contributed by atoms with Crippen LogP contribution in [0, 0.1) is 11.6 Å². The molecule has 10 heteroatoms. The molecule has 0 bridgehead atoms. The fraction of sp³-hybridized carbons (Fsp3) is 0.240. The van der Waals surface area contributed by atoms with Crippen molar-refractivity contribution in [2.45, 2.75) is 32.3 Å². The van der Waals surface area contributed by atoms with Crippen LogP contribution in [0.2, 0.25) is 0 Å². The predicted molar refractivity (Wildman–Crippen MR) is 120 cm³/mol. The van der Waals surface area contributed by atoms with Crippen LogP contribution in [-0.4, -0.2) is 39.9 Å². The molecule has 0 unspecified atom stereocenters. The summed E-state index contributed by atoms with van der Waals surface area (Å²) in [5.74, 6) is -3.78. The van der Waals surface area contributed by atoms with Crippen LogP contribution < -0.4 is 10.2 Å². The Morgan fingerprint density at radius 1 is 1.09 bits per heavy atom. The molecular formula is C25H23F2NO7. The van der Waals surface area contributed by atoms with E-state index in [0.29, 0.717) is 11.6 Å². The lowest BCUT2D eigenvalue weighted by molar-refractivity contribution is -0.0519. The number of nitrogens with zero attached hydrogens (tertiary/aromatic N) is 1. The van der Waals surface area contributed by atoms with Gasteiger partial charge in [0.1, 0.15) is 18.2 Å². The van der Waals surface area contributed by atoms with E-state index in [1.165, 1.54) is 6.07 Å². The third-order valence-electron chi connectivity index (χ3n) is 5.14. The molecule has 0 aliphatic rings. The van der Waals surface area contributed by atoms with Gasteiger partial charge in [0.15, 0.2) is 23.5 Å². The maximum atomic E-state index is 14.0. The second-order valence-corrected chi connectivity index (χ2v) is 7.61. The van der Waals surface area contributed by atoms with Gasteiger partial charge in [0.25, 0.3) is 0 Å². The summed E-state index contributed by atoms with van der Waals surface area (Å²) in [4.78, 5) is 38.6. The summed E-state index contributed by atoms with van der Waals surface area (Å²) in [5, 5.41) is 19.0. The minimum absolute atomic E-state index is 0.0811. The molecule has 0 saturated carbocycles. The van der Waals surface area contributed by atoms with Gasteiger partial charge in [0.2, 0.25) is 5.43 Å². The lowest BCUT2D eigenvalue weighted by Gasteiger charge is -2.18. The molecule has 2 aromatic carbocycles. The maximum absolute atomic E-state index is 14.0. The van der Waals surface area contributed by atoms with Crippen molar-refractivity contribution in [3.05, 3.63) is 99.0 Å². The second-order valence-electron chi connectivity index (χ2n) is 7.61. The summed E-state index contributed by atoms with van der Waals surface area (Å²) in [5.41, 5.74) is -0.960. The largest absolute Gasteiger partial charge is 0.482 e. The van der Waals surface area contributed by atoms with Crippen molar-refractivity contribution < 1.29 is 38.1 Å². The topological polar surface area (TPSA) is 115 Å². The monoisotopic (exact) mass is 487 g/mol. The van der Waals surface area contributed by atoms with Crippen LogP contribution in [0.25, 0.3) is 0 Å². The quantitative estimate of drug-likeness (QED) is 0.257. The van der Waals surface area contributed by atoms with Crippen molar-refractivity contribution in [3.8, 4) is 5.75 Å². The first-order valence-corrected chi connectivity index (χ1v) is 10.6. The molecule has 3 rings (SSSR count). The van der Waals surface area contributed by atoms with Crippen molar-refractivity contribution in [1.29, 1.82) is 0 Å². The van der Waals surface area contributed by atoms with Crippen LogP contribution >= 0.6 is 0 Å². The highest BCUT2D eigenvalue weighted by Gasteiger charge is 2.27. The Morgan fingerprint density at radius 3 is 2.43 bits per heavy atom. The number of carbonyl (C=O) groups excluding carboxylic acids is 2. The van der Waals surface area contributed by atoms with E-state index in [0.717, 1.165) is 23.9 Å². The highest BCUT2D eigenvalue weighted by Crippen LogP contribution is 2.20. The number of aliphatic hydroxyl groups is 2. The number of ether oxygens (including phenoxy) is 2. The average Bonchev–Trinajstić information content (AvgIpc) is 2.83. The molecule has 2 N–H and O–H groups in total. The molecule has 0 saturated heterocycles. The number of aromatic nitrogens is 1. The van der Waals surface area contributed by atoms with Crippen molar-refractivity contribution in [2.24, 2.45) is 0 Å². The zero-order valence-electron chi connectivity index (χ0n) is 18.7. The van der Waals surface area contributed by atoms with Gasteiger partial charge in [-0.3, -0.25) is 9.59 Å². The summed E-state index contributed by atoms with van der Waals surface area (Å²) in [6, 6.07) is 11.7. The van der Waals surface area contributed by atoms with E-state index in [1.807, 2.05) is 0 Å². The van der Waals surface area contributed by atoms with E-state index in [9.17, 15) is 33.4 Å². The number of hydrogen-bond acceptors (Lipinski definition) is 7. The van der Waals surface area contributed by atoms with Gasteiger partial charge in [-0.25, -0.2) is 13.6 Å². The Labute approximate surface area is 199 Å². The van der Waals surface area contributed by atoms with Crippen molar-refractivity contribution in [3.63, 3.8) is 0 Å². The molecule has 35 heavy (non-hydrogen) atoms. The van der Waals surface area contributed by atoms with Gasteiger partial charge >= 0.3 is 5.97 Å². The molecule has 1 heterocycles. The van der Waals surface area contributed by atoms with E-state index < -0.39 is 58.7 Å². The number of hydrogen-bond donors (Lipinski definition) is 2. The van der Waals surface area contributed by atoms with Crippen LogP contribution in [0.1, 0.15) is 38.4 Å². The highest BCUT2D eigenvalue weighted by atomic mass is 19.1. The third kappa shape index (κ3) is 6.37. The summed E-state index contributed by atoms with van der Waals surface area (Å²) in [6.07, 6.45) is -1.35. The number of aliphatic hydroxyl groups excluding tert-OH is 1. The molecule has 0 atom stereocenters. The molecule has 0 amide bonds. The molecule has 184 valence electrons. The van der Waals surface area contributed by atoms with E-state index >= 15 is 0 Å². The fourth-order valence-electron chi connectivity index (χ4n) is 3.44. The van der Waals surface area contributed by atoms with Gasteiger partial charge in [-0.2, -0.15) is 0 Å². The standard InChI is InChI=1S/C25H23F2NO7/c1-34-25(33)22-24(35-14-15-5-3-2-4-6-15)23(32)18(12-28(22)13-21(30)31)20(29)10-8-16-7-9-17(26)11-19(16)27/h2-7,9,11-12,21,30-31H,8,10,13-14H2,1H3. The number of halogens is 2. The number of benzene rings is 2. The van der Waals surface area contributed by atoms with E-state index in [2.05, 4.69) is 0 Å². The number of methoxy groups -OCH3 is 1. The first-order chi connectivity index (χ1) is 16.7. The molecular weight excluding hydrogens is 464 g/mol. The van der Waals surface area contributed by atoms with Crippen LogP contribution in [0.15, 0.2) is 59.5 Å². The Balaban J connectivity index is 2.01. The molecule has 0 radical (unpaired) electrons. The summed E-state index contributed by atoms with van der Waals surface area (Å²) in [7, 11) is 1.07. The van der Waals surface area contributed by atoms with Crippen molar-refractivity contribution in [2.75, 3.05) is 7.11 Å². The second kappa shape index (κ2) is 11.5. The number of aryl methyl sites for hydroxylation is 1. The molecule has 8 nitrogen and oxygen atoms in total. The summed E-state index contributed by atoms with van der Waals surface area (Å²) < 4.78 is 38.5. The smallest absolute Gasteiger partial charge is 0.358 e. The van der Waals surface area contributed by atoms with Crippen molar-refractivity contribution >= 4 is 11.8 Å². The molecule has 0 fully saturated rings. The van der Waals surface area contributed by atoms with Gasteiger partial charge in [-0.05, 0) is 23.6 Å². The number of ketones is 1. The van der Waals surface area contributed by atoms with Crippen LogP contribution in [0.3, 0.4) is 0 Å². The predicted octanol–water partition coefficient (Wildman–Crippen LogP) is 2.62. The van der Waals surface area contributed by atoms with Gasteiger partial charge in [-0.15, -0.1) is 0 Å². The lowest BCUT2D eigenvalue weighted by Crippen LogP contribution is -2.29. The highest BCUT2D eigenvalue weighted by molar-refractivity contribution is 5.98. The number of esters is 1. The Hall–Kier alpha value is -3.89. The molecule has 0 aliphatic carbocycles. The Kier molecular flexibility index (Phi) is 8.45. The molecule has 3 aromatic rings. The fourth-order valence-corrected chi connectivity index (χ4v) is 3.44. The molecule has 0 spiro atoms. The van der Waals surface area contributed by atoms with Crippen LogP contribution in [0.4, 0.5) is 8.78 Å². The lowest BCUT2D eigenvalue weighted by atomic mass is 10.0. The average molecular weight is 487 g/mol. The van der Waals surface area contributed by atoms with Crippen LogP contribution in [-0.2, 0) is 24.3 Å². The zero-order valence-corrected chi connectivity index (χ0v) is 18.7. The number of rotatable bonds is 10. The number of pyridine rings is 1. The SMILES string of the molecule is COC(=O)c1c(OCc2ccccc2)c(=O)c(C(=O)CCc2ccc(F)cc2F)cn1CC(O)O. The minimum Gasteiger partial charge on any atom is -0.482 e. The van der Waals surface area contributed by atoms with Gasteiger partial charge in [-0.1, -0.05) is 36.4 Å². The summed E-state index contributed by atoms with van der Waals surface area (Å²) >= 11 is 0. The Bertz CT molecular complexity index is 1270. The molecule has 0 aliphatic heterocycles. The number of Topliss-reactive ketones (excluding diaryl/α,β-unsaturated/α-hetero) is 1. The minimum atomic E-state index is -1.93.